The summed E-state index contributed by atoms with van der Waals surface area (Å²) >= 11 is 0. The van der Waals surface area contributed by atoms with E-state index >= 15 is 0 Å². The SMILES string of the molecule is CCC1CC(NCCN2CCCCCC2)CCO1. The zero-order valence-electron chi connectivity index (χ0n) is 12.0. The van der Waals surface area contributed by atoms with Crippen molar-refractivity contribution in [2.45, 2.75) is 64.0 Å². The van der Waals surface area contributed by atoms with E-state index in [0.29, 0.717) is 12.1 Å². The summed E-state index contributed by atoms with van der Waals surface area (Å²) in [6, 6.07) is 0.690. The molecule has 2 unspecified atom stereocenters. The first-order valence-corrected chi connectivity index (χ1v) is 7.96. The topological polar surface area (TPSA) is 24.5 Å². The van der Waals surface area contributed by atoms with Gasteiger partial charge in [0.05, 0.1) is 6.10 Å². The van der Waals surface area contributed by atoms with Crippen molar-refractivity contribution < 1.29 is 4.74 Å². The molecular weight excluding hydrogens is 224 g/mol. The molecule has 0 radical (unpaired) electrons. The smallest absolute Gasteiger partial charge is 0.0587 e. The van der Waals surface area contributed by atoms with Gasteiger partial charge in [-0.25, -0.2) is 0 Å². The van der Waals surface area contributed by atoms with Crippen LogP contribution in [-0.2, 0) is 4.74 Å². The highest BCUT2D eigenvalue weighted by molar-refractivity contribution is 4.76. The molecule has 2 rings (SSSR count). The van der Waals surface area contributed by atoms with Gasteiger partial charge in [-0.1, -0.05) is 19.8 Å². The molecule has 0 aromatic carbocycles. The summed E-state index contributed by atoms with van der Waals surface area (Å²) in [4.78, 5) is 2.64. The lowest BCUT2D eigenvalue weighted by Crippen LogP contribution is -2.42. The molecule has 106 valence electrons. The van der Waals surface area contributed by atoms with E-state index < -0.39 is 0 Å². The summed E-state index contributed by atoms with van der Waals surface area (Å²) in [6.45, 7) is 8.18. The minimum absolute atomic E-state index is 0.495. The molecule has 1 N–H and O–H groups in total. The van der Waals surface area contributed by atoms with Gasteiger partial charge >= 0.3 is 0 Å². The third-order valence-corrected chi connectivity index (χ3v) is 4.38. The van der Waals surface area contributed by atoms with Crippen molar-refractivity contribution in [2.24, 2.45) is 0 Å². The Labute approximate surface area is 112 Å². The van der Waals surface area contributed by atoms with E-state index in [0.717, 1.165) is 19.6 Å². The number of rotatable bonds is 5. The highest BCUT2D eigenvalue weighted by Gasteiger charge is 2.20. The summed E-state index contributed by atoms with van der Waals surface area (Å²) in [7, 11) is 0. The lowest BCUT2D eigenvalue weighted by atomic mass is 10.0. The molecule has 0 aliphatic carbocycles. The molecular formula is C15H30N2O. The maximum absolute atomic E-state index is 5.72. The molecule has 18 heavy (non-hydrogen) atoms. The van der Waals surface area contributed by atoms with E-state index in [9.17, 15) is 0 Å². The van der Waals surface area contributed by atoms with Crippen molar-refractivity contribution in [1.82, 2.24) is 10.2 Å². The van der Waals surface area contributed by atoms with E-state index in [2.05, 4.69) is 17.1 Å². The largest absolute Gasteiger partial charge is 0.378 e. The molecule has 0 saturated carbocycles. The summed E-state index contributed by atoms with van der Waals surface area (Å²) in [5.41, 5.74) is 0. The Morgan fingerprint density at radius 2 is 1.94 bits per heavy atom. The molecule has 3 heteroatoms. The highest BCUT2D eigenvalue weighted by atomic mass is 16.5. The van der Waals surface area contributed by atoms with Crippen LogP contribution in [0.15, 0.2) is 0 Å². The summed E-state index contributed by atoms with van der Waals surface area (Å²) in [5.74, 6) is 0. The Morgan fingerprint density at radius 1 is 1.17 bits per heavy atom. The number of hydrogen-bond donors (Lipinski definition) is 1. The second-order valence-electron chi connectivity index (χ2n) is 5.83. The van der Waals surface area contributed by atoms with Gasteiger partial charge in [-0.05, 0) is 45.2 Å². The Hall–Kier alpha value is -0.120. The van der Waals surface area contributed by atoms with Crippen molar-refractivity contribution in [2.75, 3.05) is 32.8 Å². The van der Waals surface area contributed by atoms with E-state index in [1.165, 1.54) is 58.2 Å². The molecule has 2 heterocycles. The Kier molecular flexibility index (Phi) is 6.46. The zero-order chi connectivity index (χ0) is 12.6. The van der Waals surface area contributed by atoms with Crippen LogP contribution in [0.25, 0.3) is 0 Å². The van der Waals surface area contributed by atoms with Crippen molar-refractivity contribution in [1.29, 1.82) is 0 Å². The summed E-state index contributed by atoms with van der Waals surface area (Å²) in [5, 5.41) is 3.73. The van der Waals surface area contributed by atoms with Crippen LogP contribution < -0.4 is 5.32 Å². The third kappa shape index (κ3) is 4.87. The van der Waals surface area contributed by atoms with Gasteiger partial charge in [0.1, 0.15) is 0 Å². The fraction of sp³-hybridized carbons (Fsp3) is 1.00. The van der Waals surface area contributed by atoms with Crippen molar-refractivity contribution in [3.63, 3.8) is 0 Å². The van der Waals surface area contributed by atoms with Crippen LogP contribution in [0.4, 0.5) is 0 Å². The normalized spacial score (nSPS) is 31.2. The van der Waals surface area contributed by atoms with Crippen molar-refractivity contribution in [3.8, 4) is 0 Å². The van der Waals surface area contributed by atoms with Crippen LogP contribution in [0.2, 0.25) is 0 Å². The molecule has 0 aromatic heterocycles. The fourth-order valence-electron chi connectivity index (χ4n) is 3.14. The predicted molar refractivity (Wildman–Crippen MR) is 76.0 cm³/mol. The number of ether oxygens (including phenoxy) is 1. The molecule has 2 aliphatic heterocycles. The van der Waals surface area contributed by atoms with Crippen LogP contribution in [0, 0.1) is 0 Å². The van der Waals surface area contributed by atoms with Gasteiger partial charge in [0.25, 0.3) is 0 Å². The highest BCUT2D eigenvalue weighted by Crippen LogP contribution is 2.16. The average molecular weight is 254 g/mol. The number of likely N-dealkylation sites (tertiary alicyclic amines) is 1. The van der Waals surface area contributed by atoms with Crippen LogP contribution in [-0.4, -0.2) is 49.8 Å². The number of hydrogen-bond acceptors (Lipinski definition) is 3. The van der Waals surface area contributed by atoms with Crippen molar-refractivity contribution in [3.05, 3.63) is 0 Å². The monoisotopic (exact) mass is 254 g/mol. The standard InChI is InChI=1S/C15H30N2O/c1-2-15-13-14(7-12-18-15)16-8-11-17-9-5-3-4-6-10-17/h14-16H,2-13H2,1H3. The Bertz CT molecular complexity index is 215. The first kappa shape index (κ1) is 14.3. The van der Waals surface area contributed by atoms with Crippen LogP contribution >= 0.6 is 0 Å². The second kappa shape index (κ2) is 8.13. The first-order valence-electron chi connectivity index (χ1n) is 7.96. The van der Waals surface area contributed by atoms with Crippen molar-refractivity contribution >= 4 is 0 Å². The average Bonchev–Trinajstić information content (AvgIpc) is 2.68. The molecule has 2 atom stereocenters. The van der Waals surface area contributed by atoms with Gasteiger partial charge in [0, 0.05) is 25.7 Å². The van der Waals surface area contributed by atoms with Gasteiger partial charge in [-0.2, -0.15) is 0 Å². The summed E-state index contributed by atoms with van der Waals surface area (Å²) in [6.07, 6.45) is 9.71. The molecule has 0 amide bonds. The van der Waals surface area contributed by atoms with Gasteiger partial charge in [0.15, 0.2) is 0 Å². The van der Waals surface area contributed by atoms with E-state index in [1.54, 1.807) is 0 Å². The molecule has 3 nitrogen and oxygen atoms in total. The maximum Gasteiger partial charge on any atom is 0.0587 e. The number of nitrogens with zero attached hydrogens (tertiary/aromatic N) is 1. The van der Waals surface area contributed by atoms with E-state index in [1.807, 2.05) is 0 Å². The fourth-order valence-corrected chi connectivity index (χ4v) is 3.14. The van der Waals surface area contributed by atoms with Crippen LogP contribution in [0.5, 0.6) is 0 Å². The zero-order valence-corrected chi connectivity index (χ0v) is 12.0. The summed E-state index contributed by atoms with van der Waals surface area (Å²) < 4.78 is 5.72. The minimum atomic E-state index is 0.495. The van der Waals surface area contributed by atoms with Gasteiger partial charge < -0.3 is 15.0 Å². The molecule has 0 bridgehead atoms. The Morgan fingerprint density at radius 3 is 2.67 bits per heavy atom. The molecule has 2 fully saturated rings. The molecule has 2 saturated heterocycles. The lowest BCUT2D eigenvalue weighted by Gasteiger charge is -2.30. The minimum Gasteiger partial charge on any atom is -0.378 e. The van der Waals surface area contributed by atoms with Crippen LogP contribution in [0.3, 0.4) is 0 Å². The Balaban J connectivity index is 1.59. The maximum atomic E-state index is 5.72. The van der Waals surface area contributed by atoms with Gasteiger partial charge in [0.2, 0.25) is 0 Å². The molecule has 0 aromatic rings. The number of nitrogens with one attached hydrogen (secondary N) is 1. The van der Waals surface area contributed by atoms with E-state index in [-0.39, 0.29) is 0 Å². The van der Waals surface area contributed by atoms with Crippen LogP contribution in [0.1, 0.15) is 51.9 Å². The quantitative estimate of drug-likeness (QED) is 0.815. The van der Waals surface area contributed by atoms with Gasteiger partial charge in [-0.3, -0.25) is 0 Å². The third-order valence-electron chi connectivity index (χ3n) is 4.38. The predicted octanol–water partition coefficient (Wildman–Crippen LogP) is 2.41. The second-order valence-corrected chi connectivity index (χ2v) is 5.83. The lowest BCUT2D eigenvalue weighted by molar-refractivity contribution is -0.000275. The first-order chi connectivity index (χ1) is 8.88. The molecule has 0 spiro atoms. The van der Waals surface area contributed by atoms with Gasteiger partial charge in [-0.15, -0.1) is 0 Å². The van der Waals surface area contributed by atoms with E-state index in [4.69, 9.17) is 4.74 Å². The molecule has 2 aliphatic rings.